The maximum absolute atomic E-state index is 5.83. The van der Waals surface area contributed by atoms with E-state index in [9.17, 15) is 0 Å². The average molecular weight is 277 g/mol. The summed E-state index contributed by atoms with van der Waals surface area (Å²) in [6.45, 7) is 8.23. The summed E-state index contributed by atoms with van der Waals surface area (Å²) >= 11 is 1.62. The zero-order chi connectivity index (χ0) is 14.0. The molecule has 3 N–H and O–H groups in total. The Hall–Kier alpha value is -1.69. The summed E-state index contributed by atoms with van der Waals surface area (Å²) in [6, 6.07) is 1.75. The molecule has 2 aromatic rings. The third-order valence-corrected chi connectivity index (χ3v) is 3.78. The second-order valence-corrected chi connectivity index (χ2v) is 6.17. The SMILES string of the molecule is CC(C)c1nc(N)cc(NC(C)(C)c2nccs2)n1. The number of anilines is 2. The standard InChI is InChI=1S/C13H19N5S/c1-8(2)11-16-9(14)7-10(17-11)18-13(3,4)12-15-5-6-19-12/h5-8H,1-4H3,(H3,14,16,17,18). The summed E-state index contributed by atoms with van der Waals surface area (Å²) < 4.78 is 0. The van der Waals surface area contributed by atoms with Gasteiger partial charge in [0.2, 0.25) is 0 Å². The summed E-state index contributed by atoms with van der Waals surface area (Å²) in [6.07, 6.45) is 1.80. The predicted octanol–water partition coefficient (Wildman–Crippen LogP) is 2.99. The van der Waals surface area contributed by atoms with Gasteiger partial charge in [-0.25, -0.2) is 15.0 Å². The molecule has 0 saturated carbocycles. The summed E-state index contributed by atoms with van der Waals surface area (Å²) in [5.74, 6) is 2.21. The number of nitrogens with one attached hydrogen (secondary N) is 1. The molecule has 0 atom stereocenters. The fraction of sp³-hybridized carbons (Fsp3) is 0.462. The number of nitrogens with zero attached hydrogens (tertiary/aromatic N) is 3. The molecule has 2 rings (SSSR count). The predicted molar refractivity (Wildman–Crippen MR) is 79.3 cm³/mol. The third kappa shape index (κ3) is 3.20. The van der Waals surface area contributed by atoms with Crippen molar-refractivity contribution in [2.24, 2.45) is 0 Å². The van der Waals surface area contributed by atoms with Gasteiger partial charge in [0.05, 0.1) is 5.54 Å². The molecule has 0 aromatic carbocycles. The van der Waals surface area contributed by atoms with Gasteiger partial charge in [0.15, 0.2) is 0 Å². The second kappa shape index (κ2) is 5.13. The molecule has 0 fully saturated rings. The molecule has 0 saturated heterocycles. The number of aromatic nitrogens is 3. The van der Waals surface area contributed by atoms with E-state index in [2.05, 4.69) is 34.1 Å². The van der Waals surface area contributed by atoms with Gasteiger partial charge in [-0.05, 0) is 13.8 Å². The minimum absolute atomic E-state index is 0.243. The van der Waals surface area contributed by atoms with Crippen LogP contribution in [-0.4, -0.2) is 15.0 Å². The van der Waals surface area contributed by atoms with Crippen LogP contribution in [0, 0.1) is 0 Å². The monoisotopic (exact) mass is 277 g/mol. The largest absolute Gasteiger partial charge is 0.384 e. The van der Waals surface area contributed by atoms with Crippen molar-refractivity contribution in [1.29, 1.82) is 0 Å². The van der Waals surface area contributed by atoms with Crippen LogP contribution < -0.4 is 11.1 Å². The van der Waals surface area contributed by atoms with Gasteiger partial charge >= 0.3 is 0 Å². The zero-order valence-electron chi connectivity index (χ0n) is 11.6. The molecule has 0 aliphatic rings. The lowest BCUT2D eigenvalue weighted by Crippen LogP contribution is -2.28. The average Bonchev–Trinajstić information content (AvgIpc) is 2.81. The van der Waals surface area contributed by atoms with E-state index in [4.69, 9.17) is 5.73 Å². The van der Waals surface area contributed by atoms with Crippen molar-refractivity contribution in [3.05, 3.63) is 28.5 Å². The molecule has 5 nitrogen and oxygen atoms in total. The van der Waals surface area contributed by atoms with E-state index >= 15 is 0 Å². The highest BCUT2D eigenvalue weighted by molar-refractivity contribution is 7.09. The van der Waals surface area contributed by atoms with Gasteiger partial charge in [0.25, 0.3) is 0 Å². The van der Waals surface area contributed by atoms with Crippen LogP contribution in [-0.2, 0) is 5.54 Å². The summed E-state index contributed by atoms with van der Waals surface area (Å²) in [7, 11) is 0. The van der Waals surface area contributed by atoms with E-state index in [1.807, 2.05) is 19.2 Å². The first kappa shape index (κ1) is 13.7. The Morgan fingerprint density at radius 2 is 2.05 bits per heavy atom. The molecule has 0 amide bonds. The number of thiazole rings is 1. The lowest BCUT2D eigenvalue weighted by atomic mass is 10.1. The van der Waals surface area contributed by atoms with Crippen LogP contribution in [0.3, 0.4) is 0 Å². The second-order valence-electron chi connectivity index (χ2n) is 5.28. The van der Waals surface area contributed by atoms with Crippen molar-refractivity contribution < 1.29 is 0 Å². The Morgan fingerprint density at radius 3 is 2.63 bits per heavy atom. The zero-order valence-corrected chi connectivity index (χ0v) is 12.5. The van der Waals surface area contributed by atoms with Crippen LogP contribution in [0.25, 0.3) is 0 Å². The molecule has 0 radical (unpaired) electrons. The summed E-state index contributed by atoms with van der Waals surface area (Å²) in [4.78, 5) is 13.1. The summed E-state index contributed by atoms with van der Waals surface area (Å²) in [5.41, 5.74) is 5.54. The molecule has 0 aliphatic heterocycles. The van der Waals surface area contributed by atoms with Crippen molar-refractivity contribution >= 4 is 23.0 Å². The lowest BCUT2D eigenvalue weighted by Gasteiger charge is -2.25. The number of hydrogen-bond acceptors (Lipinski definition) is 6. The molecule has 0 unspecified atom stereocenters. The Kier molecular flexibility index (Phi) is 3.71. The van der Waals surface area contributed by atoms with Crippen LogP contribution in [0.15, 0.2) is 17.6 Å². The fourth-order valence-corrected chi connectivity index (χ4v) is 2.43. The van der Waals surface area contributed by atoms with Crippen LogP contribution >= 0.6 is 11.3 Å². The van der Waals surface area contributed by atoms with Crippen LogP contribution in [0.4, 0.5) is 11.6 Å². The first-order chi connectivity index (χ1) is 8.88. The first-order valence-corrected chi connectivity index (χ1v) is 7.09. The molecule has 0 aliphatic carbocycles. The van der Waals surface area contributed by atoms with Gasteiger partial charge in [-0.15, -0.1) is 11.3 Å². The number of nitrogens with two attached hydrogens (primary N) is 1. The van der Waals surface area contributed by atoms with Gasteiger partial charge in [0, 0.05) is 23.6 Å². The molecule has 0 bridgehead atoms. The van der Waals surface area contributed by atoms with Crippen molar-refractivity contribution in [3.8, 4) is 0 Å². The third-order valence-electron chi connectivity index (χ3n) is 2.69. The maximum Gasteiger partial charge on any atom is 0.135 e. The van der Waals surface area contributed by atoms with Crippen LogP contribution in [0.2, 0.25) is 0 Å². The smallest absolute Gasteiger partial charge is 0.135 e. The topological polar surface area (TPSA) is 76.7 Å². The molecular formula is C13H19N5S. The molecule has 19 heavy (non-hydrogen) atoms. The Bertz CT molecular complexity index is 548. The van der Waals surface area contributed by atoms with Crippen molar-refractivity contribution in [2.75, 3.05) is 11.1 Å². The normalized spacial score (nSPS) is 11.8. The highest BCUT2D eigenvalue weighted by Crippen LogP contribution is 2.27. The first-order valence-electron chi connectivity index (χ1n) is 6.21. The lowest BCUT2D eigenvalue weighted by molar-refractivity contribution is 0.599. The van der Waals surface area contributed by atoms with Gasteiger partial charge in [-0.3, -0.25) is 0 Å². The van der Waals surface area contributed by atoms with E-state index in [-0.39, 0.29) is 11.5 Å². The van der Waals surface area contributed by atoms with E-state index < -0.39 is 0 Å². The number of hydrogen-bond donors (Lipinski definition) is 2. The maximum atomic E-state index is 5.83. The van der Waals surface area contributed by atoms with E-state index in [0.717, 1.165) is 16.6 Å². The fourth-order valence-electron chi connectivity index (χ4n) is 1.71. The van der Waals surface area contributed by atoms with Crippen molar-refractivity contribution in [3.63, 3.8) is 0 Å². The molecular weight excluding hydrogens is 258 g/mol. The molecule has 6 heteroatoms. The Labute approximate surface area is 117 Å². The van der Waals surface area contributed by atoms with Crippen LogP contribution in [0.1, 0.15) is 44.4 Å². The molecule has 102 valence electrons. The Morgan fingerprint density at radius 1 is 1.32 bits per heavy atom. The molecule has 2 aromatic heterocycles. The van der Waals surface area contributed by atoms with Gasteiger partial charge < -0.3 is 11.1 Å². The van der Waals surface area contributed by atoms with Gasteiger partial charge in [-0.1, -0.05) is 13.8 Å². The van der Waals surface area contributed by atoms with Gasteiger partial charge in [0.1, 0.15) is 22.5 Å². The van der Waals surface area contributed by atoms with Crippen LogP contribution in [0.5, 0.6) is 0 Å². The Balaban J connectivity index is 2.28. The highest BCUT2D eigenvalue weighted by atomic mass is 32.1. The minimum atomic E-state index is -0.288. The van der Waals surface area contributed by atoms with Gasteiger partial charge in [-0.2, -0.15) is 0 Å². The number of nitrogen functional groups attached to an aromatic ring is 1. The van der Waals surface area contributed by atoms with Crippen molar-refractivity contribution in [2.45, 2.75) is 39.2 Å². The molecule has 0 spiro atoms. The quantitative estimate of drug-likeness (QED) is 0.898. The van der Waals surface area contributed by atoms with E-state index in [1.54, 1.807) is 23.6 Å². The van der Waals surface area contributed by atoms with E-state index in [1.165, 1.54) is 0 Å². The highest BCUT2D eigenvalue weighted by Gasteiger charge is 2.24. The summed E-state index contributed by atoms with van der Waals surface area (Å²) in [5, 5.41) is 6.35. The molecule has 2 heterocycles. The number of rotatable bonds is 4. The van der Waals surface area contributed by atoms with E-state index in [0.29, 0.717) is 5.82 Å². The minimum Gasteiger partial charge on any atom is -0.384 e. The van der Waals surface area contributed by atoms with Crippen molar-refractivity contribution in [1.82, 2.24) is 15.0 Å².